The van der Waals surface area contributed by atoms with E-state index in [0.29, 0.717) is 11.3 Å². The quantitative estimate of drug-likeness (QED) is 0.571. The van der Waals surface area contributed by atoms with Crippen LogP contribution < -0.4 is 5.43 Å². The summed E-state index contributed by atoms with van der Waals surface area (Å²) < 4.78 is 13.5. The number of H-pyrrole nitrogens is 1. The van der Waals surface area contributed by atoms with Crippen molar-refractivity contribution in [3.63, 3.8) is 0 Å². The van der Waals surface area contributed by atoms with Crippen LogP contribution in [0.1, 0.15) is 27.2 Å². The minimum absolute atomic E-state index is 0.309. The first-order valence-electron chi connectivity index (χ1n) is 7.97. The summed E-state index contributed by atoms with van der Waals surface area (Å²) >= 11 is 0. The second kappa shape index (κ2) is 6.32. The van der Waals surface area contributed by atoms with Crippen molar-refractivity contribution < 1.29 is 9.18 Å². The van der Waals surface area contributed by atoms with Gasteiger partial charge in [0.15, 0.2) is 0 Å². The Kier molecular flexibility index (Phi) is 3.85. The minimum Gasteiger partial charge on any atom is -0.272 e. The summed E-state index contributed by atoms with van der Waals surface area (Å²) in [6.45, 7) is 0. The minimum atomic E-state index is -0.393. The number of hydrazone groups is 1. The van der Waals surface area contributed by atoms with Gasteiger partial charge in [-0.2, -0.15) is 10.2 Å². The largest absolute Gasteiger partial charge is 0.289 e. The van der Waals surface area contributed by atoms with Crippen LogP contribution in [0.5, 0.6) is 0 Å². The Morgan fingerprint density at radius 1 is 1.16 bits per heavy atom. The van der Waals surface area contributed by atoms with Gasteiger partial charge in [0.1, 0.15) is 11.5 Å². The number of rotatable bonds is 3. The molecule has 0 radical (unpaired) electrons. The zero-order chi connectivity index (χ0) is 17.2. The van der Waals surface area contributed by atoms with Crippen LogP contribution in [-0.2, 0) is 12.8 Å². The molecule has 124 valence electrons. The molecule has 0 fully saturated rings. The second-order valence-corrected chi connectivity index (χ2v) is 5.80. The van der Waals surface area contributed by atoms with Crippen LogP contribution in [0, 0.1) is 5.82 Å². The first kappa shape index (κ1) is 15.3. The van der Waals surface area contributed by atoms with Crippen LogP contribution in [0.3, 0.4) is 0 Å². The fourth-order valence-electron chi connectivity index (χ4n) is 3.04. The molecule has 0 unspecified atom stereocenters. The lowest BCUT2D eigenvalue weighted by Gasteiger charge is -2.15. The number of halogens is 1. The molecule has 3 aromatic rings. The van der Waals surface area contributed by atoms with E-state index >= 15 is 0 Å². The topological polar surface area (TPSA) is 70.1 Å². The normalized spacial score (nSPS) is 12.7. The molecule has 1 aliphatic carbocycles. The van der Waals surface area contributed by atoms with Gasteiger partial charge in [0.2, 0.25) is 0 Å². The van der Waals surface area contributed by atoms with Gasteiger partial charge in [-0.05, 0) is 24.5 Å². The highest BCUT2D eigenvalue weighted by Crippen LogP contribution is 2.33. The van der Waals surface area contributed by atoms with Crippen LogP contribution in [-0.4, -0.2) is 22.3 Å². The third-order valence-corrected chi connectivity index (χ3v) is 4.29. The first-order valence-corrected chi connectivity index (χ1v) is 7.97. The van der Waals surface area contributed by atoms with Crippen molar-refractivity contribution in [1.29, 1.82) is 0 Å². The molecule has 1 amide bonds. The number of aromatic amines is 1. The SMILES string of the molecule is O=C(N/N=C\c1ccccc1F)c1[nH]nc2c1CCc1ccccc1-2. The fraction of sp³-hybridized carbons (Fsp3) is 0.105. The molecule has 1 aromatic heterocycles. The molecular formula is C19H15FN4O. The van der Waals surface area contributed by atoms with E-state index in [9.17, 15) is 9.18 Å². The van der Waals surface area contributed by atoms with Crippen LogP contribution in [0.15, 0.2) is 53.6 Å². The number of amides is 1. The van der Waals surface area contributed by atoms with Gasteiger partial charge >= 0.3 is 0 Å². The van der Waals surface area contributed by atoms with E-state index in [1.165, 1.54) is 17.8 Å². The van der Waals surface area contributed by atoms with Crippen molar-refractivity contribution in [2.45, 2.75) is 12.8 Å². The van der Waals surface area contributed by atoms with Crippen molar-refractivity contribution in [2.24, 2.45) is 5.10 Å². The number of benzene rings is 2. The highest BCUT2D eigenvalue weighted by molar-refractivity contribution is 5.96. The highest BCUT2D eigenvalue weighted by atomic mass is 19.1. The van der Waals surface area contributed by atoms with Crippen LogP contribution in [0.25, 0.3) is 11.3 Å². The molecule has 0 atom stereocenters. The number of hydrogen-bond donors (Lipinski definition) is 2. The number of aromatic nitrogens is 2. The maximum Gasteiger partial charge on any atom is 0.289 e. The molecule has 1 heterocycles. The molecule has 0 spiro atoms. The summed E-state index contributed by atoms with van der Waals surface area (Å²) in [4.78, 5) is 12.4. The van der Waals surface area contributed by atoms with Gasteiger partial charge in [-0.15, -0.1) is 0 Å². The highest BCUT2D eigenvalue weighted by Gasteiger charge is 2.24. The molecule has 2 aromatic carbocycles. The Hall–Kier alpha value is -3.28. The third-order valence-electron chi connectivity index (χ3n) is 4.29. The maximum atomic E-state index is 13.5. The summed E-state index contributed by atoms with van der Waals surface area (Å²) in [7, 11) is 0. The molecule has 0 aliphatic heterocycles. The van der Waals surface area contributed by atoms with Crippen molar-refractivity contribution in [2.75, 3.05) is 0 Å². The first-order chi connectivity index (χ1) is 12.2. The molecule has 25 heavy (non-hydrogen) atoms. The predicted octanol–water partition coefficient (Wildman–Crippen LogP) is 3.08. The Morgan fingerprint density at radius 3 is 2.84 bits per heavy atom. The van der Waals surface area contributed by atoms with Gasteiger partial charge in [-0.25, -0.2) is 9.82 Å². The van der Waals surface area contributed by atoms with Crippen molar-refractivity contribution in [3.8, 4) is 11.3 Å². The maximum absolute atomic E-state index is 13.5. The van der Waals surface area contributed by atoms with E-state index in [1.807, 2.05) is 18.2 Å². The standard InChI is InChI=1S/C19H15FN4O/c20-16-8-4-2-6-13(16)11-21-24-19(25)18-15-10-9-12-5-1-3-7-14(12)17(15)22-23-18/h1-8,11H,9-10H2,(H,22,23)(H,24,25)/b21-11-. The Morgan fingerprint density at radius 2 is 1.96 bits per heavy atom. The van der Waals surface area contributed by atoms with Crippen molar-refractivity contribution in [1.82, 2.24) is 15.6 Å². The summed E-state index contributed by atoms with van der Waals surface area (Å²) in [5, 5.41) is 10.9. The van der Waals surface area contributed by atoms with E-state index in [4.69, 9.17) is 0 Å². The van der Waals surface area contributed by atoms with Crippen LogP contribution >= 0.6 is 0 Å². The number of fused-ring (bicyclic) bond motifs is 3. The molecule has 6 heteroatoms. The van der Waals surface area contributed by atoms with Gasteiger partial charge in [0.25, 0.3) is 5.91 Å². The molecule has 0 saturated heterocycles. The molecule has 4 rings (SSSR count). The van der Waals surface area contributed by atoms with Crippen molar-refractivity contribution in [3.05, 3.63) is 76.7 Å². The van der Waals surface area contributed by atoms with Gasteiger partial charge < -0.3 is 0 Å². The Bertz CT molecular complexity index is 977. The lowest BCUT2D eigenvalue weighted by Crippen LogP contribution is -2.20. The molecule has 1 aliphatic rings. The fourth-order valence-corrected chi connectivity index (χ4v) is 3.04. The molecule has 2 N–H and O–H groups in total. The van der Waals surface area contributed by atoms with E-state index in [2.05, 4.69) is 26.8 Å². The van der Waals surface area contributed by atoms with Gasteiger partial charge in [0.05, 0.1) is 11.9 Å². The monoisotopic (exact) mass is 334 g/mol. The van der Waals surface area contributed by atoms with E-state index in [1.54, 1.807) is 18.2 Å². The van der Waals surface area contributed by atoms with E-state index in [-0.39, 0.29) is 5.91 Å². The van der Waals surface area contributed by atoms with Crippen LogP contribution in [0.2, 0.25) is 0 Å². The summed E-state index contributed by atoms with van der Waals surface area (Å²) in [6.07, 6.45) is 2.88. The van der Waals surface area contributed by atoms with E-state index in [0.717, 1.165) is 29.7 Å². The summed E-state index contributed by atoms with van der Waals surface area (Å²) in [5.74, 6) is -0.781. The van der Waals surface area contributed by atoms with Crippen LogP contribution in [0.4, 0.5) is 4.39 Å². The molecule has 0 bridgehead atoms. The number of nitrogens with zero attached hydrogens (tertiary/aromatic N) is 2. The van der Waals surface area contributed by atoms with Gasteiger partial charge in [0, 0.05) is 16.7 Å². The number of carbonyl (C=O) groups excluding carboxylic acids is 1. The average Bonchev–Trinajstić information content (AvgIpc) is 3.08. The molecule has 5 nitrogen and oxygen atoms in total. The van der Waals surface area contributed by atoms with Crippen molar-refractivity contribution >= 4 is 12.1 Å². The molecular weight excluding hydrogens is 319 g/mol. The molecule has 0 saturated carbocycles. The van der Waals surface area contributed by atoms with Gasteiger partial charge in [-0.1, -0.05) is 42.5 Å². The number of nitrogens with one attached hydrogen (secondary N) is 2. The smallest absolute Gasteiger partial charge is 0.272 e. The second-order valence-electron chi connectivity index (χ2n) is 5.80. The lowest BCUT2D eigenvalue weighted by atomic mass is 9.89. The van der Waals surface area contributed by atoms with Gasteiger partial charge in [-0.3, -0.25) is 9.89 Å². The summed E-state index contributed by atoms with van der Waals surface area (Å²) in [5.41, 5.74) is 7.11. The average molecular weight is 334 g/mol. The van der Waals surface area contributed by atoms with E-state index < -0.39 is 5.82 Å². The number of hydrogen-bond acceptors (Lipinski definition) is 3. The summed E-state index contributed by atoms with van der Waals surface area (Å²) in [6, 6.07) is 14.3. The Balaban J connectivity index is 1.55. The predicted molar refractivity (Wildman–Crippen MR) is 92.9 cm³/mol. The zero-order valence-electron chi connectivity index (χ0n) is 13.3. The third kappa shape index (κ3) is 2.82. The zero-order valence-corrected chi connectivity index (χ0v) is 13.3. The number of carbonyl (C=O) groups is 1. The lowest BCUT2D eigenvalue weighted by molar-refractivity contribution is 0.0949. The number of aryl methyl sites for hydroxylation is 1. The Labute approximate surface area is 143 Å².